The Balaban J connectivity index is 2.09. The number of rotatable bonds is 4. The highest BCUT2D eigenvalue weighted by Gasteiger charge is 2.26. The number of benzene rings is 2. The van der Waals surface area contributed by atoms with Gasteiger partial charge >= 0.3 is 0 Å². The number of hydrogen-bond acceptors (Lipinski definition) is 5. The number of likely N-dealkylation sites (N-methyl/N-ethyl adjacent to an activating group) is 1. The summed E-state index contributed by atoms with van der Waals surface area (Å²) in [5.74, 6) is -0.914. The molecule has 2 aromatic carbocycles. The Kier molecular flexibility index (Phi) is 5.71. The van der Waals surface area contributed by atoms with Crippen molar-refractivity contribution >= 4 is 27.1 Å². The van der Waals surface area contributed by atoms with E-state index in [4.69, 9.17) is 0 Å². The molecule has 0 unspecified atom stereocenters. The highest BCUT2D eigenvalue weighted by atomic mass is 32.2. The third-order valence-electron chi connectivity index (χ3n) is 5.04. The lowest BCUT2D eigenvalue weighted by atomic mass is 10.2. The monoisotopic (exact) mass is 405 g/mol. The lowest BCUT2D eigenvalue weighted by molar-refractivity contribution is -0.116. The van der Waals surface area contributed by atoms with Crippen molar-refractivity contribution in [3.05, 3.63) is 48.3 Å². The predicted molar refractivity (Wildman–Crippen MR) is 107 cm³/mol. The van der Waals surface area contributed by atoms with Crippen molar-refractivity contribution < 1.29 is 17.6 Å². The predicted octanol–water partition coefficient (Wildman–Crippen LogP) is 2.39. The first-order valence-electron chi connectivity index (χ1n) is 9.02. The summed E-state index contributed by atoms with van der Waals surface area (Å²) in [5, 5.41) is 0. The van der Waals surface area contributed by atoms with E-state index < -0.39 is 15.7 Å². The standard InChI is InChI=1S/C20H24FN3O3S/c1-15(25)23(3)19-14-17(24-11-9-22(2)10-12-24)7-8-20(19)28(26,27)18-6-4-5-16(21)13-18/h4-8,13-14H,9-12H2,1-3H3. The van der Waals surface area contributed by atoms with Crippen molar-refractivity contribution in [1.82, 2.24) is 4.90 Å². The van der Waals surface area contributed by atoms with Crippen LogP contribution < -0.4 is 9.80 Å². The van der Waals surface area contributed by atoms with Crippen LogP contribution in [0.5, 0.6) is 0 Å². The van der Waals surface area contributed by atoms with Crippen LogP contribution in [-0.2, 0) is 14.6 Å². The minimum absolute atomic E-state index is 0.0197. The van der Waals surface area contributed by atoms with E-state index in [0.29, 0.717) is 0 Å². The first-order chi connectivity index (χ1) is 13.2. The molecule has 1 aliphatic rings. The van der Waals surface area contributed by atoms with Crippen LogP contribution in [0.3, 0.4) is 0 Å². The van der Waals surface area contributed by atoms with Crippen molar-refractivity contribution in [2.24, 2.45) is 0 Å². The smallest absolute Gasteiger partial charge is 0.223 e. The molecule has 28 heavy (non-hydrogen) atoms. The largest absolute Gasteiger partial charge is 0.369 e. The molecule has 0 saturated carbocycles. The van der Waals surface area contributed by atoms with Gasteiger partial charge in [0.2, 0.25) is 15.7 Å². The van der Waals surface area contributed by atoms with Crippen LogP contribution in [0.4, 0.5) is 15.8 Å². The van der Waals surface area contributed by atoms with Crippen molar-refractivity contribution in [3.63, 3.8) is 0 Å². The van der Waals surface area contributed by atoms with Gasteiger partial charge in [-0.2, -0.15) is 0 Å². The second-order valence-electron chi connectivity index (χ2n) is 6.98. The van der Waals surface area contributed by atoms with E-state index in [-0.39, 0.29) is 21.4 Å². The van der Waals surface area contributed by atoms with Gasteiger partial charge < -0.3 is 14.7 Å². The molecular formula is C20H24FN3O3S. The van der Waals surface area contributed by atoms with E-state index in [1.807, 2.05) is 0 Å². The first-order valence-corrected chi connectivity index (χ1v) is 10.5. The van der Waals surface area contributed by atoms with Crippen LogP contribution in [-0.4, -0.2) is 59.5 Å². The molecule has 0 aromatic heterocycles. The zero-order valence-corrected chi connectivity index (χ0v) is 17.0. The maximum Gasteiger partial charge on any atom is 0.223 e. The number of carbonyl (C=O) groups is 1. The summed E-state index contributed by atoms with van der Waals surface area (Å²) in [6.45, 7) is 4.81. The molecule has 1 amide bonds. The maximum atomic E-state index is 13.6. The highest BCUT2D eigenvalue weighted by Crippen LogP contribution is 2.34. The molecule has 1 aliphatic heterocycles. The van der Waals surface area contributed by atoms with Gasteiger partial charge in [0.25, 0.3) is 0 Å². The Morgan fingerprint density at radius 3 is 2.36 bits per heavy atom. The summed E-state index contributed by atoms with van der Waals surface area (Å²) in [4.78, 5) is 17.5. The third kappa shape index (κ3) is 4.02. The molecule has 3 rings (SSSR count). The van der Waals surface area contributed by atoms with Crippen molar-refractivity contribution in [2.45, 2.75) is 16.7 Å². The molecule has 150 valence electrons. The van der Waals surface area contributed by atoms with Crippen LogP contribution in [0.15, 0.2) is 52.3 Å². The Bertz CT molecular complexity index is 986. The number of hydrogen-bond donors (Lipinski definition) is 0. The lowest BCUT2D eigenvalue weighted by Gasteiger charge is -2.34. The molecule has 0 aliphatic carbocycles. The van der Waals surface area contributed by atoms with Gasteiger partial charge in [0.1, 0.15) is 5.82 Å². The van der Waals surface area contributed by atoms with Gasteiger partial charge in [-0.05, 0) is 43.4 Å². The van der Waals surface area contributed by atoms with E-state index in [1.54, 1.807) is 12.1 Å². The first kappa shape index (κ1) is 20.3. The van der Waals surface area contributed by atoms with Crippen molar-refractivity contribution in [1.29, 1.82) is 0 Å². The van der Waals surface area contributed by atoms with Crippen molar-refractivity contribution in [2.75, 3.05) is 50.1 Å². The summed E-state index contributed by atoms with van der Waals surface area (Å²) in [5.41, 5.74) is 1.14. The zero-order valence-electron chi connectivity index (χ0n) is 16.2. The van der Waals surface area contributed by atoms with Gasteiger partial charge in [-0.25, -0.2) is 12.8 Å². The average molecular weight is 405 g/mol. The molecular weight excluding hydrogens is 381 g/mol. The minimum atomic E-state index is -3.99. The number of halogens is 1. The molecule has 0 radical (unpaired) electrons. The molecule has 1 heterocycles. The topological polar surface area (TPSA) is 60.9 Å². The number of amides is 1. The van der Waals surface area contributed by atoms with Gasteiger partial charge in [0.05, 0.1) is 15.5 Å². The fourth-order valence-electron chi connectivity index (χ4n) is 3.19. The lowest BCUT2D eigenvalue weighted by Crippen LogP contribution is -2.44. The summed E-state index contributed by atoms with van der Waals surface area (Å²) in [6, 6.07) is 9.86. The molecule has 0 spiro atoms. The van der Waals surface area contributed by atoms with Gasteiger partial charge in [-0.1, -0.05) is 6.07 Å². The molecule has 0 atom stereocenters. The molecule has 8 heteroatoms. The van der Waals surface area contributed by atoms with Gasteiger partial charge in [0.15, 0.2) is 0 Å². The van der Waals surface area contributed by atoms with Crippen LogP contribution >= 0.6 is 0 Å². The number of nitrogens with zero attached hydrogens (tertiary/aromatic N) is 3. The van der Waals surface area contributed by atoms with E-state index in [2.05, 4.69) is 16.8 Å². The Morgan fingerprint density at radius 1 is 1.07 bits per heavy atom. The van der Waals surface area contributed by atoms with Gasteiger partial charge in [-0.15, -0.1) is 0 Å². The van der Waals surface area contributed by atoms with Crippen LogP contribution in [0, 0.1) is 5.82 Å². The maximum absolute atomic E-state index is 13.6. The second-order valence-corrected chi connectivity index (χ2v) is 8.90. The van der Waals surface area contributed by atoms with E-state index >= 15 is 0 Å². The molecule has 2 aromatic rings. The molecule has 1 fully saturated rings. The molecule has 0 N–H and O–H groups in total. The highest BCUT2D eigenvalue weighted by molar-refractivity contribution is 7.91. The zero-order chi connectivity index (χ0) is 20.5. The number of anilines is 2. The van der Waals surface area contributed by atoms with E-state index in [9.17, 15) is 17.6 Å². The summed E-state index contributed by atoms with van der Waals surface area (Å²) in [7, 11) is -0.393. The summed E-state index contributed by atoms with van der Waals surface area (Å²) >= 11 is 0. The fraction of sp³-hybridized carbons (Fsp3) is 0.350. The third-order valence-corrected chi connectivity index (χ3v) is 6.84. The Labute approximate surface area is 165 Å². The fourth-order valence-corrected chi connectivity index (χ4v) is 4.68. The van der Waals surface area contributed by atoms with E-state index in [0.717, 1.165) is 37.9 Å². The van der Waals surface area contributed by atoms with Crippen LogP contribution in [0.2, 0.25) is 0 Å². The quantitative estimate of drug-likeness (QED) is 0.782. The Hall–Kier alpha value is -2.45. The number of piperazine rings is 1. The number of sulfone groups is 1. The van der Waals surface area contributed by atoms with Crippen LogP contribution in [0.1, 0.15) is 6.92 Å². The minimum Gasteiger partial charge on any atom is -0.369 e. The number of carbonyl (C=O) groups excluding carboxylic acids is 1. The van der Waals surface area contributed by atoms with Crippen molar-refractivity contribution in [3.8, 4) is 0 Å². The summed E-state index contributed by atoms with van der Waals surface area (Å²) < 4.78 is 39.9. The average Bonchev–Trinajstić information content (AvgIpc) is 2.67. The van der Waals surface area contributed by atoms with Crippen LogP contribution in [0.25, 0.3) is 0 Å². The van der Waals surface area contributed by atoms with Gasteiger partial charge in [0, 0.05) is 45.8 Å². The SMILES string of the molecule is CC(=O)N(C)c1cc(N2CCN(C)CC2)ccc1S(=O)(=O)c1cccc(F)c1. The molecule has 6 nitrogen and oxygen atoms in total. The van der Waals surface area contributed by atoms with Gasteiger partial charge in [-0.3, -0.25) is 4.79 Å². The molecule has 0 bridgehead atoms. The van der Waals surface area contributed by atoms with E-state index in [1.165, 1.54) is 43.1 Å². The second kappa shape index (κ2) is 7.89. The normalized spacial score (nSPS) is 15.5. The Morgan fingerprint density at radius 2 is 1.75 bits per heavy atom. The molecule has 1 saturated heterocycles. The summed E-state index contributed by atoms with van der Waals surface area (Å²) in [6.07, 6.45) is 0.